The summed E-state index contributed by atoms with van der Waals surface area (Å²) in [4.78, 5) is 35.1. The number of benzene rings is 1. The van der Waals surface area contributed by atoms with Gasteiger partial charge in [0.1, 0.15) is 17.2 Å². The number of fused-ring (bicyclic) bond motifs is 1. The molecule has 1 amide bonds. The molecule has 0 spiro atoms. The molecule has 136 valence electrons. The molecule has 1 aromatic carbocycles. The van der Waals surface area contributed by atoms with Gasteiger partial charge in [0, 0.05) is 27.1 Å². The van der Waals surface area contributed by atoms with Gasteiger partial charge in [-0.1, -0.05) is 12.1 Å². The molecule has 3 aromatic rings. The topological polar surface area (TPSA) is 73.0 Å². The first kappa shape index (κ1) is 17.8. The molecule has 0 saturated carbocycles. The Bertz CT molecular complexity index is 1000. The number of halogens is 1. The first-order valence-electron chi connectivity index (χ1n) is 8.35. The van der Waals surface area contributed by atoms with Gasteiger partial charge in [0.15, 0.2) is 5.65 Å². The molecule has 26 heavy (non-hydrogen) atoms. The van der Waals surface area contributed by atoms with Crippen LogP contribution in [-0.4, -0.2) is 44.1 Å². The van der Waals surface area contributed by atoms with E-state index in [0.29, 0.717) is 36.4 Å². The highest BCUT2D eigenvalue weighted by atomic mass is 19.1. The fourth-order valence-electron chi connectivity index (χ4n) is 2.78. The number of aromatic nitrogens is 4. The molecule has 0 radical (unpaired) electrons. The predicted octanol–water partition coefficient (Wildman–Crippen LogP) is 2.07. The maximum atomic E-state index is 13.0. The molecule has 2 heterocycles. The SMILES string of the molecule is CCn1c(=O)n(C(=O)N(C)C)c2nc(CCc3ccc(F)cc3)ncc21. The summed E-state index contributed by atoms with van der Waals surface area (Å²) in [6, 6.07) is 5.80. The fourth-order valence-corrected chi connectivity index (χ4v) is 2.78. The zero-order chi connectivity index (χ0) is 18.8. The number of carbonyl (C=O) groups is 1. The van der Waals surface area contributed by atoms with Gasteiger partial charge in [0.05, 0.1) is 6.20 Å². The Hall–Kier alpha value is -3.03. The number of carbonyl (C=O) groups excluding carboxylic acids is 1. The lowest BCUT2D eigenvalue weighted by Crippen LogP contribution is -2.36. The quantitative estimate of drug-likeness (QED) is 0.716. The molecule has 0 aliphatic rings. The summed E-state index contributed by atoms with van der Waals surface area (Å²) in [5, 5.41) is 0. The summed E-state index contributed by atoms with van der Waals surface area (Å²) in [6.45, 7) is 2.25. The fraction of sp³-hybridized carbons (Fsp3) is 0.333. The minimum absolute atomic E-state index is 0.279. The van der Waals surface area contributed by atoms with Gasteiger partial charge in [-0.25, -0.2) is 23.9 Å². The van der Waals surface area contributed by atoms with Crippen molar-refractivity contribution in [2.75, 3.05) is 14.1 Å². The van der Waals surface area contributed by atoms with Crippen LogP contribution in [0.25, 0.3) is 11.2 Å². The normalized spacial score (nSPS) is 11.1. The summed E-state index contributed by atoms with van der Waals surface area (Å²) >= 11 is 0. The molecule has 3 rings (SSSR count). The van der Waals surface area contributed by atoms with Crippen molar-refractivity contribution in [3.63, 3.8) is 0 Å². The van der Waals surface area contributed by atoms with E-state index in [1.807, 2.05) is 6.92 Å². The molecule has 0 unspecified atom stereocenters. The van der Waals surface area contributed by atoms with E-state index < -0.39 is 11.7 Å². The predicted molar refractivity (Wildman–Crippen MR) is 95.8 cm³/mol. The standard InChI is InChI=1S/C18H20FN5O2/c1-4-23-14-11-20-15(10-7-12-5-8-13(19)9-6-12)21-16(14)24(18(23)26)17(25)22(2)3/h5-6,8-9,11H,4,7,10H2,1-3H3. The number of amides is 1. The molecule has 2 aromatic heterocycles. The van der Waals surface area contributed by atoms with Crippen LogP contribution >= 0.6 is 0 Å². The van der Waals surface area contributed by atoms with Crippen LogP contribution in [0.1, 0.15) is 18.3 Å². The number of aryl methyl sites for hydroxylation is 3. The highest BCUT2D eigenvalue weighted by molar-refractivity contribution is 5.86. The molecule has 0 aliphatic heterocycles. The van der Waals surface area contributed by atoms with Crippen molar-refractivity contribution in [1.82, 2.24) is 24.0 Å². The molecule has 0 saturated heterocycles. The Labute approximate surface area is 149 Å². The van der Waals surface area contributed by atoms with Crippen molar-refractivity contribution >= 4 is 17.2 Å². The number of nitrogens with zero attached hydrogens (tertiary/aromatic N) is 5. The van der Waals surface area contributed by atoms with E-state index in [-0.39, 0.29) is 5.82 Å². The van der Waals surface area contributed by atoms with Gasteiger partial charge in [-0.15, -0.1) is 0 Å². The van der Waals surface area contributed by atoms with Gasteiger partial charge in [-0.2, -0.15) is 4.57 Å². The van der Waals surface area contributed by atoms with E-state index in [2.05, 4.69) is 9.97 Å². The molecular formula is C18H20FN5O2. The highest BCUT2D eigenvalue weighted by Crippen LogP contribution is 2.12. The first-order chi connectivity index (χ1) is 12.4. The molecule has 0 N–H and O–H groups in total. The maximum Gasteiger partial charge on any atom is 0.338 e. The second-order valence-electron chi connectivity index (χ2n) is 6.16. The lowest BCUT2D eigenvalue weighted by Gasteiger charge is -2.10. The van der Waals surface area contributed by atoms with Crippen LogP contribution in [0.5, 0.6) is 0 Å². The van der Waals surface area contributed by atoms with Crippen LogP contribution in [0.4, 0.5) is 9.18 Å². The highest BCUT2D eigenvalue weighted by Gasteiger charge is 2.21. The Balaban J connectivity index is 1.98. The van der Waals surface area contributed by atoms with Crippen LogP contribution in [-0.2, 0) is 19.4 Å². The molecule has 0 bridgehead atoms. The third kappa shape index (κ3) is 3.22. The second kappa shape index (κ2) is 7.07. The number of hydrogen-bond acceptors (Lipinski definition) is 4. The van der Waals surface area contributed by atoms with E-state index in [4.69, 9.17) is 0 Å². The van der Waals surface area contributed by atoms with Crippen LogP contribution in [0.15, 0.2) is 35.3 Å². The van der Waals surface area contributed by atoms with Crippen LogP contribution in [0.3, 0.4) is 0 Å². The number of hydrogen-bond donors (Lipinski definition) is 0. The molecule has 0 atom stereocenters. The van der Waals surface area contributed by atoms with E-state index in [0.717, 1.165) is 10.1 Å². The summed E-state index contributed by atoms with van der Waals surface area (Å²) < 4.78 is 15.5. The van der Waals surface area contributed by atoms with Gasteiger partial charge in [-0.05, 0) is 31.0 Å². The molecule has 7 nitrogen and oxygen atoms in total. The summed E-state index contributed by atoms with van der Waals surface area (Å²) in [6.07, 6.45) is 2.72. The molecule has 8 heteroatoms. The minimum atomic E-state index is -0.449. The Morgan fingerprint density at radius 2 is 1.88 bits per heavy atom. The zero-order valence-corrected chi connectivity index (χ0v) is 14.9. The third-order valence-electron chi connectivity index (χ3n) is 4.17. The average Bonchev–Trinajstić information content (AvgIpc) is 2.90. The van der Waals surface area contributed by atoms with Gasteiger partial charge in [0.2, 0.25) is 0 Å². The molecular weight excluding hydrogens is 337 g/mol. The third-order valence-corrected chi connectivity index (χ3v) is 4.17. The summed E-state index contributed by atoms with van der Waals surface area (Å²) in [7, 11) is 3.17. The second-order valence-corrected chi connectivity index (χ2v) is 6.16. The Morgan fingerprint density at radius 1 is 1.19 bits per heavy atom. The van der Waals surface area contributed by atoms with Gasteiger partial charge in [-0.3, -0.25) is 4.57 Å². The van der Waals surface area contributed by atoms with E-state index >= 15 is 0 Å². The Morgan fingerprint density at radius 3 is 2.50 bits per heavy atom. The number of imidazole rings is 1. The maximum absolute atomic E-state index is 13.0. The van der Waals surface area contributed by atoms with Crippen molar-refractivity contribution < 1.29 is 9.18 Å². The monoisotopic (exact) mass is 357 g/mol. The van der Waals surface area contributed by atoms with Crippen molar-refractivity contribution in [2.24, 2.45) is 0 Å². The lowest BCUT2D eigenvalue weighted by molar-refractivity contribution is 0.219. The van der Waals surface area contributed by atoms with Gasteiger partial charge < -0.3 is 4.90 Å². The van der Waals surface area contributed by atoms with Crippen molar-refractivity contribution in [2.45, 2.75) is 26.3 Å². The van der Waals surface area contributed by atoms with E-state index in [9.17, 15) is 14.0 Å². The van der Waals surface area contributed by atoms with Crippen molar-refractivity contribution in [1.29, 1.82) is 0 Å². The first-order valence-corrected chi connectivity index (χ1v) is 8.35. The van der Waals surface area contributed by atoms with E-state index in [1.54, 1.807) is 32.4 Å². The smallest absolute Gasteiger partial charge is 0.330 e. The average molecular weight is 357 g/mol. The largest absolute Gasteiger partial charge is 0.338 e. The van der Waals surface area contributed by atoms with Gasteiger partial charge >= 0.3 is 11.7 Å². The van der Waals surface area contributed by atoms with Crippen LogP contribution < -0.4 is 5.69 Å². The van der Waals surface area contributed by atoms with Crippen molar-refractivity contribution in [3.05, 3.63) is 58.2 Å². The minimum Gasteiger partial charge on any atom is -0.330 e. The van der Waals surface area contributed by atoms with Gasteiger partial charge in [0.25, 0.3) is 0 Å². The van der Waals surface area contributed by atoms with Crippen molar-refractivity contribution in [3.8, 4) is 0 Å². The number of rotatable bonds is 4. The van der Waals surface area contributed by atoms with Crippen LogP contribution in [0.2, 0.25) is 0 Å². The summed E-state index contributed by atoms with van der Waals surface area (Å²) in [5.41, 5.74) is 1.37. The Kier molecular flexibility index (Phi) is 4.83. The van der Waals surface area contributed by atoms with E-state index in [1.165, 1.54) is 21.6 Å². The molecule has 0 fully saturated rings. The molecule has 0 aliphatic carbocycles. The summed E-state index contributed by atoms with van der Waals surface area (Å²) in [5.74, 6) is 0.244. The zero-order valence-electron chi connectivity index (χ0n) is 14.9. The van der Waals surface area contributed by atoms with Crippen LogP contribution in [0, 0.1) is 5.82 Å². The lowest BCUT2D eigenvalue weighted by atomic mass is 10.1.